The van der Waals surface area contributed by atoms with E-state index < -0.39 is 17.7 Å². The van der Waals surface area contributed by atoms with Crippen LogP contribution in [-0.4, -0.2) is 25.5 Å². The van der Waals surface area contributed by atoms with E-state index in [9.17, 15) is 14.0 Å². The molecule has 0 radical (unpaired) electrons. The summed E-state index contributed by atoms with van der Waals surface area (Å²) in [6.45, 7) is 2.15. The molecular weight excluding hydrogens is 251 g/mol. The Labute approximate surface area is 110 Å². The number of carbonyl (C=O) groups excluding carboxylic acids is 2. The number of nitrogens with one attached hydrogen (secondary N) is 2. The molecule has 0 heterocycles. The van der Waals surface area contributed by atoms with E-state index in [1.807, 2.05) is 0 Å². The molecule has 0 saturated heterocycles. The molecule has 0 bridgehead atoms. The normalized spacial score (nSPS) is 10.8. The Bertz CT molecular complexity index is 500. The van der Waals surface area contributed by atoms with Gasteiger partial charge in [0, 0.05) is 12.2 Å². The average Bonchev–Trinajstić information content (AvgIpc) is 2.38. The quantitative estimate of drug-likeness (QED) is 0.625. The number of anilines is 1. The van der Waals surface area contributed by atoms with Gasteiger partial charge in [-0.3, -0.25) is 4.79 Å². The van der Waals surface area contributed by atoms with Gasteiger partial charge in [-0.05, 0) is 25.1 Å². The smallest absolute Gasteiger partial charge is 0.332 e. The van der Waals surface area contributed by atoms with Crippen molar-refractivity contribution in [1.82, 2.24) is 5.32 Å². The molecule has 0 saturated carbocycles. The maximum absolute atomic E-state index is 13.0. The Morgan fingerprint density at radius 3 is 2.74 bits per heavy atom. The van der Waals surface area contributed by atoms with Crippen molar-refractivity contribution in [3.63, 3.8) is 0 Å². The summed E-state index contributed by atoms with van der Waals surface area (Å²) in [7, 11) is 1.20. The van der Waals surface area contributed by atoms with Crippen LogP contribution in [0.2, 0.25) is 0 Å². The van der Waals surface area contributed by atoms with E-state index in [4.69, 9.17) is 0 Å². The van der Waals surface area contributed by atoms with Gasteiger partial charge in [-0.2, -0.15) is 0 Å². The number of benzene rings is 1. The van der Waals surface area contributed by atoms with Crippen molar-refractivity contribution in [2.45, 2.75) is 6.92 Å². The van der Waals surface area contributed by atoms with Gasteiger partial charge in [0.05, 0.1) is 13.2 Å². The second-order valence-electron chi connectivity index (χ2n) is 3.58. The molecule has 1 aromatic carbocycles. The zero-order valence-corrected chi connectivity index (χ0v) is 10.7. The molecule has 102 valence electrons. The average molecular weight is 266 g/mol. The number of likely N-dealkylation sites (N-methyl/N-ethyl adjacent to an activating group) is 1. The maximum atomic E-state index is 13.0. The van der Waals surface area contributed by atoms with Gasteiger partial charge in [-0.25, -0.2) is 9.18 Å². The van der Waals surface area contributed by atoms with Crippen LogP contribution in [0.5, 0.6) is 0 Å². The predicted molar refractivity (Wildman–Crippen MR) is 68.8 cm³/mol. The van der Waals surface area contributed by atoms with Crippen molar-refractivity contribution < 1.29 is 18.7 Å². The van der Waals surface area contributed by atoms with Crippen molar-refractivity contribution in [1.29, 1.82) is 0 Å². The van der Waals surface area contributed by atoms with Crippen LogP contribution in [0.15, 0.2) is 36.0 Å². The highest BCUT2D eigenvalue weighted by Gasteiger charge is 2.11. The van der Waals surface area contributed by atoms with Crippen molar-refractivity contribution in [2.24, 2.45) is 0 Å². The Hall–Kier alpha value is -2.37. The minimum absolute atomic E-state index is 0.0145. The number of hydrogen-bond acceptors (Lipinski definition) is 4. The summed E-state index contributed by atoms with van der Waals surface area (Å²) < 4.78 is 17.5. The van der Waals surface area contributed by atoms with Crippen LogP contribution in [0, 0.1) is 5.82 Å². The van der Waals surface area contributed by atoms with Crippen LogP contribution in [0.1, 0.15) is 6.92 Å². The molecule has 0 aliphatic heterocycles. The van der Waals surface area contributed by atoms with Gasteiger partial charge < -0.3 is 15.4 Å². The lowest BCUT2D eigenvalue weighted by Gasteiger charge is -2.10. The van der Waals surface area contributed by atoms with Crippen LogP contribution < -0.4 is 10.6 Å². The third-order valence-electron chi connectivity index (χ3n) is 2.15. The first-order valence-electron chi connectivity index (χ1n) is 5.67. The number of ether oxygens (including phenoxy) is 1. The van der Waals surface area contributed by atoms with Crippen LogP contribution in [0.4, 0.5) is 10.1 Å². The van der Waals surface area contributed by atoms with Crippen LogP contribution >= 0.6 is 0 Å². The van der Waals surface area contributed by atoms with Gasteiger partial charge in [0.2, 0.25) is 0 Å². The molecule has 1 aromatic rings. The molecule has 0 aromatic heterocycles. The van der Waals surface area contributed by atoms with Crippen molar-refractivity contribution in [2.75, 3.05) is 19.0 Å². The first-order valence-corrected chi connectivity index (χ1v) is 5.67. The third kappa shape index (κ3) is 4.79. The molecule has 1 rings (SSSR count). The Morgan fingerprint density at radius 2 is 2.16 bits per heavy atom. The number of methoxy groups -OCH3 is 1. The highest BCUT2D eigenvalue weighted by molar-refractivity contribution is 6.01. The maximum Gasteiger partial charge on any atom is 0.332 e. The second kappa shape index (κ2) is 7.15. The summed E-state index contributed by atoms with van der Waals surface area (Å²) in [5, 5.41) is 5.22. The molecular formula is C13H15FN2O3. The lowest BCUT2D eigenvalue weighted by atomic mass is 10.2. The molecule has 0 fully saturated rings. The number of halogens is 1. The van der Waals surface area contributed by atoms with Crippen LogP contribution in [0.3, 0.4) is 0 Å². The minimum Gasteiger partial charge on any atom is -0.466 e. The number of esters is 1. The van der Waals surface area contributed by atoms with E-state index >= 15 is 0 Å². The molecule has 0 unspecified atom stereocenters. The van der Waals surface area contributed by atoms with Gasteiger partial charge in [0.15, 0.2) is 0 Å². The van der Waals surface area contributed by atoms with Crippen molar-refractivity contribution in [3.8, 4) is 0 Å². The van der Waals surface area contributed by atoms with E-state index in [2.05, 4.69) is 15.4 Å². The number of hydrogen-bond donors (Lipinski definition) is 2. The summed E-state index contributed by atoms with van der Waals surface area (Å²) in [4.78, 5) is 22.9. The van der Waals surface area contributed by atoms with E-state index in [0.29, 0.717) is 12.2 Å². The van der Waals surface area contributed by atoms with E-state index in [0.717, 1.165) is 6.08 Å². The van der Waals surface area contributed by atoms with Crippen LogP contribution in [0.25, 0.3) is 0 Å². The fourth-order valence-corrected chi connectivity index (χ4v) is 1.31. The van der Waals surface area contributed by atoms with Crippen molar-refractivity contribution in [3.05, 3.63) is 41.9 Å². The summed E-state index contributed by atoms with van der Waals surface area (Å²) >= 11 is 0. The third-order valence-corrected chi connectivity index (χ3v) is 2.15. The fraction of sp³-hybridized carbons (Fsp3) is 0.231. The molecule has 0 aliphatic carbocycles. The van der Waals surface area contributed by atoms with E-state index in [1.165, 1.54) is 25.3 Å². The predicted octanol–water partition coefficient (Wildman–Crippen LogP) is 1.43. The molecule has 1 amide bonds. The minimum atomic E-state index is -0.676. The summed E-state index contributed by atoms with van der Waals surface area (Å²) in [5.74, 6) is -1.60. The molecule has 0 atom stereocenters. The molecule has 0 spiro atoms. The van der Waals surface area contributed by atoms with E-state index in [1.54, 1.807) is 13.0 Å². The summed E-state index contributed by atoms with van der Waals surface area (Å²) in [6, 6.07) is 5.56. The molecule has 0 aliphatic rings. The molecule has 6 heteroatoms. The number of rotatable bonds is 5. The zero-order valence-electron chi connectivity index (χ0n) is 10.7. The van der Waals surface area contributed by atoms with Gasteiger partial charge in [0.1, 0.15) is 11.5 Å². The highest BCUT2D eigenvalue weighted by Crippen LogP contribution is 2.12. The van der Waals surface area contributed by atoms with Crippen LogP contribution in [-0.2, 0) is 14.3 Å². The second-order valence-corrected chi connectivity index (χ2v) is 3.58. The van der Waals surface area contributed by atoms with Gasteiger partial charge in [-0.1, -0.05) is 6.07 Å². The van der Waals surface area contributed by atoms with Gasteiger partial charge >= 0.3 is 5.97 Å². The lowest BCUT2D eigenvalue weighted by Crippen LogP contribution is -2.28. The number of carbonyl (C=O) groups is 2. The molecule has 19 heavy (non-hydrogen) atoms. The summed E-state index contributed by atoms with van der Waals surface area (Å²) in [6.07, 6.45) is 1.01. The monoisotopic (exact) mass is 266 g/mol. The first kappa shape index (κ1) is 14.7. The fourth-order valence-electron chi connectivity index (χ4n) is 1.31. The van der Waals surface area contributed by atoms with Gasteiger partial charge in [0.25, 0.3) is 5.91 Å². The Balaban J connectivity index is 2.94. The van der Waals surface area contributed by atoms with Crippen molar-refractivity contribution >= 4 is 17.6 Å². The highest BCUT2D eigenvalue weighted by atomic mass is 19.1. The summed E-state index contributed by atoms with van der Waals surface area (Å²) in [5.41, 5.74) is 0.348. The van der Waals surface area contributed by atoms with Gasteiger partial charge in [-0.15, -0.1) is 0 Å². The standard InChI is InChI=1S/C13H15FN2O3/c1-3-15-13(18)11(8-12(17)19-2)16-10-6-4-5-9(14)7-10/h4-8,16H,3H2,1-2H3,(H,15,18)/b11-8-. The number of amides is 1. The zero-order chi connectivity index (χ0) is 14.3. The Morgan fingerprint density at radius 1 is 1.42 bits per heavy atom. The first-order chi connectivity index (χ1) is 9.06. The Kier molecular flexibility index (Phi) is 5.53. The topological polar surface area (TPSA) is 67.4 Å². The SMILES string of the molecule is CCNC(=O)/C(=C/C(=O)OC)Nc1cccc(F)c1. The van der Waals surface area contributed by atoms with E-state index in [-0.39, 0.29) is 5.70 Å². The lowest BCUT2D eigenvalue weighted by molar-refractivity contribution is -0.135. The molecule has 2 N–H and O–H groups in total. The molecule has 5 nitrogen and oxygen atoms in total. The largest absolute Gasteiger partial charge is 0.466 e.